The predicted octanol–water partition coefficient (Wildman–Crippen LogP) is 3.64. The van der Waals surface area contributed by atoms with Gasteiger partial charge in [0.2, 0.25) is 5.91 Å². The van der Waals surface area contributed by atoms with Crippen molar-refractivity contribution < 1.29 is 4.79 Å². The van der Waals surface area contributed by atoms with Crippen LogP contribution in [0, 0.1) is 5.92 Å². The number of likely N-dealkylation sites (tertiary alicyclic amines) is 1. The molecule has 2 aliphatic heterocycles. The van der Waals surface area contributed by atoms with Crippen LogP contribution in [0.25, 0.3) is 11.3 Å². The first kappa shape index (κ1) is 17.3. The molecule has 6 heteroatoms. The maximum Gasteiger partial charge on any atom is 0.227 e. The van der Waals surface area contributed by atoms with Crippen molar-refractivity contribution in [2.45, 2.75) is 25.7 Å². The molecule has 2 fully saturated rings. The number of hydrogen-bond donors (Lipinski definition) is 0. The van der Waals surface area contributed by atoms with Crippen molar-refractivity contribution in [3.8, 4) is 11.3 Å². The molecule has 0 saturated carbocycles. The number of carbonyl (C=O) groups excluding carboxylic acids is 1. The summed E-state index contributed by atoms with van der Waals surface area (Å²) in [6.07, 6.45) is 4.27. The Hall–Kier alpha value is -2.14. The van der Waals surface area contributed by atoms with E-state index >= 15 is 0 Å². The van der Waals surface area contributed by atoms with Gasteiger partial charge in [-0.3, -0.25) is 4.79 Å². The van der Waals surface area contributed by atoms with Gasteiger partial charge < -0.3 is 9.80 Å². The molecule has 26 heavy (non-hydrogen) atoms. The lowest BCUT2D eigenvalue weighted by Gasteiger charge is -2.34. The molecule has 0 bridgehead atoms. The molecule has 1 aromatic heterocycles. The second kappa shape index (κ2) is 7.62. The summed E-state index contributed by atoms with van der Waals surface area (Å²) in [4.78, 5) is 16.9. The molecule has 1 atom stereocenters. The zero-order chi connectivity index (χ0) is 17.9. The molecule has 5 nitrogen and oxygen atoms in total. The normalized spacial score (nSPS) is 20.4. The molecule has 0 aliphatic carbocycles. The fourth-order valence-electron chi connectivity index (χ4n) is 3.85. The second-order valence-corrected chi connectivity index (χ2v) is 7.54. The summed E-state index contributed by atoms with van der Waals surface area (Å²) in [6.45, 7) is 3.51. The van der Waals surface area contributed by atoms with Crippen molar-refractivity contribution in [1.29, 1.82) is 0 Å². The largest absolute Gasteiger partial charge is 0.354 e. The molecule has 2 aliphatic rings. The first-order valence-electron chi connectivity index (χ1n) is 9.34. The minimum absolute atomic E-state index is 0.0830. The summed E-state index contributed by atoms with van der Waals surface area (Å²) in [5, 5.41) is 9.49. The van der Waals surface area contributed by atoms with Crippen molar-refractivity contribution in [1.82, 2.24) is 15.1 Å². The van der Waals surface area contributed by atoms with E-state index in [1.165, 1.54) is 0 Å². The first-order valence-corrected chi connectivity index (χ1v) is 9.72. The third-order valence-electron chi connectivity index (χ3n) is 5.30. The number of hydrogen-bond acceptors (Lipinski definition) is 4. The maximum atomic E-state index is 12.7. The van der Waals surface area contributed by atoms with E-state index in [0.29, 0.717) is 10.9 Å². The van der Waals surface area contributed by atoms with Gasteiger partial charge in [0.15, 0.2) is 5.82 Å². The molecular formula is C20H23ClN4O. The average molecular weight is 371 g/mol. The molecule has 1 aromatic carbocycles. The van der Waals surface area contributed by atoms with Crippen LogP contribution >= 0.6 is 11.6 Å². The predicted molar refractivity (Wildman–Crippen MR) is 103 cm³/mol. The smallest absolute Gasteiger partial charge is 0.227 e. The lowest BCUT2D eigenvalue weighted by Crippen LogP contribution is -2.44. The van der Waals surface area contributed by atoms with E-state index in [0.717, 1.165) is 68.9 Å². The standard InChI is InChI=1S/C20H23ClN4O/c21-17-7-5-15(6-8-17)18-9-10-19(23-22-18)25-13-3-4-16(14-25)20(26)24-11-1-2-12-24/h5-10,16H,1-4,11-14H2. The Bertz CT molecular complexity index is 756. The van der Waals surface area contributed by atoms with Crippen LogP contribution in [0.1, 0.15) is 25.7 Å². The van der Waals surface area contributed by atoms with Crippen LogP contribution in [-0.4, -0.2) is 47.2 Å². The molecule has 4 rings (SSSR count). The maximum absolute atomic E-state index is 12.7. The van der Waals surface area contributed by atoms with Gasteiger partial charge in [0.25, 0.3) is 0 Å². The number of aromatic nitrogens is 2. The number of rotatable bonds is 3. The molecule has 136 valence electrons. The average Bonchev–Trinajstić information content (AvgIpc) is 3.23. The highest BCUT2D eigenvalue weighted by atomic mass is 35.5. The molecule has 2 saturated heterocycles. The van der Waals surface area contributed by atoms with Crippen molar-refractivity contribution in [2.24, 2.45) is 5.92 Å². The molecular weight excluding hydrogens is 348 g/mol. The van der Waals surface area contributed by atoms with Gasteiger partial charge in [0.05, 0.1) is 11.6 Å². The van der Waals surface area contributed by atoms with Gasteiger partial charge in [-0.15, -0.1) is 10.2 Å². The van der Waals surface area contributed by atoms with Crippen LogP contribution in [0.4, 0.5) is 5.82 Å². The number of anilines is 1. The summed E-state index contributed by atoms with van der Waals surface area (Å²) in [5.41, 5.74) is 1.82. The molecule has 0 spiro atoms. The van der Waals surface area contributed by atoms with Gasteiger partial charge in [-0.05, 0) is 49.9 Å². The summed E-state index contributed by atoms with van der Waals surface area (Å²) < 4.78 is 0. The summed E-state index contributed by atoms with van der Waals surface area (Å²) >= 11 is 5.94. The van der Waals surface area contributed by atoms with Crippen LogP contribution in [0.2, 0.25) is 5.02 Å². The number of benzene rings is 1. The third kappa shape index (κ3) is 3.68. The first-order chi connectivity index (χ1) is 12.7. The monoisotopic (exact) mass is 370 g/mol. The quantitative estimate of drug-likeness (QED) is 0.827. The molecule has 0 N–H and O–H groups in total. The van der Waals surface area contributed by atoms with Crippen molar-refractivity contribution in [2.75, 3.05) is 31.1 Å². The Labute approximate surface area is 159 Å². The van der Waals surface area contributed by atoms with E-state index in [1.807, 2.05) is 41.3 Å². The van der Waals surface area contributed by atoms with Crippen molar-refractivity contribution >= 4 is 23.3 Å². The summed E-state index contributed by atoms with van der Waals surface area (Å²) in [7, 11) is 0. The topological polar surface area (TPSA) is 49.3 Å². The van der Waals surface area contributed by atoms with Crippen LogP contribution in [-0.2, 0) is 4.79 Å². The highest BCUT2D eigenvalue weighted by Crippen LogP contribution is 2.26. The van der Waals surface area contributed by atoms with Crippen LogP contribution < -0.4 is 4.90 Å². The Kier molecular flexibility index (Phi) is 5.07. The number of carbonyl (C=O) groups is 1. The number of halogens is 1. The lowest BCUT2D eigenvalue weighted by atomic mass is 9.96. The van der Waals surface area contributed by atoms with Crippen molar-refractivity contribution in [3.63, 3.8) is 0 Å². The minimum atomic E-state index is 0.0830. The fourth-order valence-corrected chi connectivity index (χ4v) is 3.98. The van der Waals surface area contributed by atoms with Crippen LogP contribution in [0.15, 0.2) is 36.4 Å². The van der Waals surface area contributed by atoms with Crippen molar-refractivity contribution in [3.05, 3.63) is 41.4 Å². The van der Waals surface area contributed by atoms with Gasteiger partial charge in [-0.2, -0.15) is 0 Å². The number of amides is 1. The number of nitrogens with zero attached hydrogens (tertiary/aromatic N) is 4. The van der Waals surface area contributed by atoms with Gasteiger partial charge in [0, 0.05) is 36.8 Å². The van der Waals surface area contributed by atoms with Gasteiger partial charge >= 0.3 is 0 Å². The molecule has 1 unspecified atom stereocenters. The van der Waals surface area contributed by atoms with E-state index in [1.54, 1.807) is 0 Å². The zero-order valence-electron chi connectivity index (χ0n) is 14.8. The van der Waals surface area contributed by atoms with E-state index in [9.17, 15) is 4.79 Å². The van der Waals surface area contributed by atoms with Gasteiger partial charge in [0.1, 0.15) is 0 Å². The third-order valence-corrected chi connectivity index (χ3v) is 5.55. The SMILES string of the molecule is O=C(C1CCCN(c2ccc(-c3ccc(Cl)cc3)nn2)C1)N1CCCC1. The minimum Gasteiger partial charge on any atom is -0.354 e. The molecule has 3 heterocycles. The molecule has 1 amide bonds. The van der Waals surface area contributed by atoms with Gasteiger partial charge in [-0.25, -0.2) is 0 Å². The molecule has 0 radical (unpaired) electrons. The highest BCUT2D eigenvalue weighted by Gasteiger charge is 2.31. The fraction of sp³-hybridized carbons (Fsp3) is 0.450. The number of piperidine rings is 1. The molecule has 2 aromatic rings. The van der Waals surface area contributed by atoms with E-state index in [2.05, 4.69) is 15.1 Å². The van der Waals surface area contributed by atoms with Crippen LogP contribution in [0.5, 0.6) is 0 Å². The van der Waals surface area contributed by atoms with E-state index < -0.39 is 0 Å². The van der Waals surface area contributed by atoms with E-state index in [4.69, 9.17) is 11.6 Å². The van der Waals surface area contributed by atoms with Gasteiger partial charge in [-0.1, -0.05) is 23.7 Å². The summed E-state index contributed by atoms with van der Waals surface area (Å²) in [5.74, 6) is 1.25. The summed E-state index contributed by atoms with van der Waals surface area (Å²) in [6, 6.07) is 11.6. The highest BCUT2D eigenvalue weighted by molar-refractivity contribution is 6.30. The Morgan fingerprint density at radius 2 is 1.73 bits per heavy atom. The lowest BCUT2D eigenvalue weighted by molar-refractivity contribution is -0.134. The van der Waals surface area contributed by atoms with Crippen LogP contribution in [0.3, 0.4) is 0 Å². The Morgan fingerprint density at radius 3 is 2.42 bits per heavy atom. The Balaban J connectivity index is 1.45. The van der Waals surface area contributed by atoms with E-state index in [-0.39, 0.29) is 5.92 Å². The Morgan fingerprint density at radius 1 is 0.962 bits per heavy atom. The zero-order valence-corrected chi connectivity index (χ0v) is 15.5. The second-order valence-electron chi connectivity index (χ2n) is 7.10.